The van der Waals surface area contributed by atoms with Crippen LogP contribution in [0, 0.1) is 0 Å². The van der Waals surface area contributed by atoms with Gasteiger partial charge in [-0.25, -0.2) is 4.98 Å². The molecule has 4 nitrogen and oxygen atoms in total. The summed E-state index contributed by atoms with van der Waals surface area (Å²) < 4.78 is 5.04. The van der Waals surface area contributed by atoms with Gasteiger partial charge in [0.05, 0.1) is 0 Å². The highest BCUT2D eigenvalue weighted by atomic mass is 16.4. The molecule has 0 aliphatic rings. The number of benzene rings is 1. The molecule has 0 unspecified atom stereocenters. The first-order valence-electron chi connectivity index (χ1n) is 3.41. The van der Waals surface area contributed by atoms with Gasteiger partial charge < -0.3 is 10.2 Å². The number of carbonyl (C=O) groups excluding carboxylic acids is 1. The molecule has 60 valence electrons. The number of fused-ring (bicyclic) bond motifs is 1. The lowest BCUT2D eigenvalue weighted by atomic mass is 10.3. The van der Waals surface area contributed by atoms with E-state index in [0.29, 0.717) is 23.1 Å². The van der Waals surface area contributed by atoms with Crippen LogP contribution in [0.3, 0.4) is 0 Å². The fourth-order valence-electron chi connectivity index (χ4n) is 1.01. The van der Waals surface area contributed by atoms with E-state index in [2.05, 4.69) is 4.98 Å². The highest BCUT2D eigenvalue weighted by Gasteiger charge is 2.03. The summed E-state index contributed by atoms with van der Waals surface area (Å²) >= 11 is 0. The number of nitrogen functional groups attached to an aromatic ring is 1. The first-order valence-corrected chi connectivity index (χ1v) is 3.41. The Morgan fingerprint density at radius 2 is 2.33 bits per heavy atom. The van der Waals surface area contributed by atoms with E-state index in [-0.39, 0.29) is 5.89 Å². The number of rotatable bonds is 1. The van der Waals surface area contributed by atoms with Gasteiger partial charge >= 0.3 is 0 Å². The lowest BCUT2D eigenvalue weighted by Gasteiger charge is -1.88. The predicted octanol–water partition coefficient (Wildman–Crippen LogP) is 1.22. The van der Waals surface area contributed by atoms with Crippen molar-refractivity contribution in [3.8, 4) is 0 Å². The fourth-order valence-corrected chi connectivity index (χ4v) is 1.01. The quantitative estimate of drug-likeness (QED) is 0.505. The molecule has 0 bridgehead atoms. The van der Waals surface area contributed by atoms with Gasteiger partial charge in [0, 0.05) is 5.69 Å². The second kappa shape index (κ2) is 2.34. The smallest absolute Gasteiger partial charge is 0.260 e. The Hall–Kier alpha value is -1.84. The molecule has 0 amide bonds. The standard InChI is InChI=1S/C8H6N2O2/c9-5-1-2-7-6(3-5)10-8(4-11)12-7/h1-4H,9H2. The SMILES string of the molecule is Nc1ccc2oc(C=O)nc2c1. The molecule has 12 heavy (non-hydrogen) atoms. The van der Waals surface area contributed by atoms with Crippen LogP contribution in [0.15, 0.2) is 22.6 Å². The van der Waals surface area contributed by atoms with Gasteiger partial charge in [-0.1, -0.05) is 0 Å². The third-order valence-corrected chi connectivity index (χ3v) is 1.53. The number of aldehydes is 1. The maximum absolute atomic E-state index is 10.3. The Kier molecular flexibility index (Phi) is 1.33. The molecule has 2 rings (SSSR count). The lowest BCUT2D eigenvalue weighted by Crippen LogP contribution is -1.82. The van der Waals surface area contributed by atoms with Crippen molar-refractivity contribution in [1.29, 1.82) is 0 Å². The zero-order valence-corrected chi connectivity index (χ0v) is 6.15. The minimum Gasteiger partial charge on any atom is -0.434 e. The molecule has 1 heterocycles. The third-order valence-electron chi connectivity index (χ3n) is 1.53. The van der Waals surface area contributed by atoms with Crippen LogP contribution in [0.25, 0.3) is 11.1 Å². The molecular weight excluding hydrogens is 156 g/mol. The van der Waals surface area contributed by atoms with Crippen LogP contribution < -0.4 is 5.73 Å². The second-order valence-corrected chi connectivity index (χ2v) is 2.40. The molecular formula is C8H6N2O2. The topological polar surface area (TPSA) is 69.1 Å². The van der Waals surface area contributed by atoms with E-state index in [1.165, 1.54) is 0 Å². The van der Waals surface area contributed by atoms with Gasteiger partial charge in [-0.2, -0.15) is 0 Å². The van der Waals surface area contributed by atoms with Crippen LogP contribution in [0.5, 0.6) is 0 Å². The number of oxazole rings is 1. The minimum atomic E-state index is 0.0793. The molecule has 2 N–H and O–H groups in total. The molecule has 0 saturated heterocycles. The number of nitrogens with zero attached hydrogens (tertiary/aromatic N) is 1. The number of nitrogens with two attached hydrogens (primary N) is 1. The Morgan fingerprint density at radius 1 is 1.50 bits per heavy atom. The summed E-state index contributed by atoms with van der Waals surface area (Å²) in [6, 6.07) is 5.04. The van der Waals surface area contributed by atoms with Crippen LogP contribution >= 0.6 is 0 Å². The fraction of sp³-hybridized carbons (Fsp3) is 0. The summed E-state index contributed by atoms with van der Waals surface area (Å²) in [6.07, 6.45) is 0.566. The Labute approximate surface area is 68.0 Å². The van der Waals surface area contributed by atoms with Crippen molar-refractivity contribution in [1.82, 2.24) is 4.98 Å². The Balaban J connectivity index is 2.75. The molecule has 0 saturated carbocycles. The largest absolute Gasteiger partial charge is 0.434 e. The van der Waals surface area contributed by atoms with Crippen LogP contribution in [-0.4, -0.2) is 11.3 Å². The molecule has 1 aromatic heterocycles. The average molecular weight is 162 g/mol. The van der Waals surface area contributed by atoms with Gasteiger partial charge in [-0.05, 0) is 18.2 Å². The van der Waals surface area contributed by atoms with E-state index in [0.717, 1.165) is 0 Å². The van der Waals surface area contributed by atoms with Crippen molar-refractivity contribution in [2.24, 2.45) is 0 Å². The molecule has 1 aromatic carbocycles. The van der Waals surface area contributed by atoms with Crippen LogP contribution in [0.2, 0.25) is 0 Å². The van der Waals surface area contributed by atoms with E-state index < -0.39 is 0 Å². The summed E-state index contributed by atoms with van der Waals surface area (Å²) in [5, 5.41) is 0. The highest BCUT2D eigenvalue weighted by molar-refractivity contribution is 5.81. The number of hydrogen-bond donors (Lipinski definition) is 1. The average Bonchev–Trinajstić information content (AvgIpc) is 2.46. The molecule has 2 aromatic rings. The van der Waals surface area contributed by atoms with Gasteiger partial charge in [0.25, 0.3) is 5.89 Å². The first kappa shape index (κ1) is 6.84. The van der Waals surface area contributed by atoms with Gasteiger partial charge in [-0.3, -0.25) is 4.79 Å². The normalized spacial score (nSPS) is 10.3. The van der Waals surface area contributed by atoms with Gasteiger partial charge in [0.15, 0.2) is 5.58 Å². The lowest BCUT2D eigenvalue weighted by molar-refractivity contribution is 0.109. The molecule has 0 radical (unpaired) electrons. The summed E-state index contributed by atoms with van der Waals surface area (Å²) in [7, 11) is 0. The van der Waals surface area contributed by atoms with Crippen molar-refractivity contribution in [2.75, 3.05) is 5.73 Å². The molecule has 0 aliphatic heterocycles. The van der Waals surface area contributed by atoms with E-state index in [4.69, 9.17) is 10.2 Å². The van der Waals surface area contributed by atoms with E-state index >= 15 is 0 Å². The zero-order chi connectivity index (χ0) is 8.55. The van der Waals surface area contributed by atoms with E-state index in [1.54, 1.807) is 18.2 Å². The molecule has 0 aliphatic carbocycles. The number of anilines is 1. The van der Waals surface area contributed by atoms with Crippen molar-refractivity contribution in [3.05, 3.63) is 24.1 Å². The highest BCUT2D eigenvalue weighted by Crippen LogP contribution is 2.16. The Bertz CT molecular complexity index is 434. The van der Waals surface area contributed by atoms with Crippen LogP contribution in [0.4, 0.5) is 5.69 Å². The first-order chi connectivity index (χ1) is 5.79. The summed E-state index contributed by atoms with van der Waals surface area (Å²) in [5.74, 6) is 0.0793. The number of aromatic nitrogens is 1. The van der Waals surface area contributed by atoms with Crippen molar-refractivity contribution < 1.29 is 9.21 Å². The van der Waals surface area contributed by atoms with Crippen LogP contribution in [0.1, 0.15) is 10.7 Å². The zero-order valence-electron chi connectivity index (χ0n) is 6.15. The van der Waals surface area contributed by atoms with Crippen molar-refractivity contribution in [2.45, 2.75) is 0 Å². The van der Waals surface area contributed by atoms with E-state index in [9.17, 15) is 4.79 Å². The van der Waals surface area contributed by atoms with Crippen LogP contribution in [-0.2, 0) is 0 Å². The Morgan fingerprint density at radius 3 is 3.08 bits per heavy atom. The summed E-state index contributed by atoms with van der Waals surface area (Å²) in [5.41, 5.74) is 7.29. The maximum Gasteiger partial charge on any atom is 0.260 e. The molecule has 0 atom stereocenters. The summed E-state index contributed by atoms with van der Waals surface area (Å²) in [4.78, 5) is 14.2. The maximum atomic E-state index is 10.3. The van der Waals surface area contributed by atoms with Crippen molar-refractivity contribution in [3.63, 3.8) is 0 Å². The monoisotopic (exact) mass is 162 g/mol. The predicted molar refractivity (Wildman–Crippen MR) is 43.8 cm³/mol. The third kappa shape index (κ3) is 0.934. The van der Waals surface area contributed by atoms with Crippen molar-refractivity contribution >= 4 is 23.1 Å². The number of hydrogen-bond acceptors (Lipinski definition) is 4. The molecule has 4 heteroatoms. The van der Waals surface area contributed by atoms with E-state index in [1.807, 2.05) is 0 Å². The molecule has 0 fully saturated rings. The minimum absolute atomic E-state index is 0.0793. The second-order valence-electron chi connectivity index (χ2n) is 2.40. The van der Waals surface area contributed by atoms with Gasteiger partial charge in [0.2, 0.25) is 6.29 Å². The number of carbonyl (C=O) groups is 1. The van der Waals surface area contributed by atoms with Gasteiger partial charge in [0.1, 0.15) is 5.52 Å². The molecule has 0 spiro atoms. The van der Waals surface area contributed by atoms with Gasteiger partial charge in [-0.15, -0.1) is 0 Å². The summed E-state index contributed by atoms with van der Waals surface area (Å²) in [6.45, 7) is 0.